The second-order valence-corrected chi connectivity index (χ2v) is 9.77. The maximum atomic E-state index is 13.7. The number of amides is 1. The second kappa shape index (κ2) is 12.0. The third kappa shape index (κ3) is 6.23. The van der Waals surface area contributed by atoms with Gasteiger partial charge < -0.3 is 14.7 Å². The van der Waals surface area contributed by atoms with Crippen molar-refractivity contribution in [2.75, 3.05) is 6.61 Å². The van der Waals surface area contributed by atoms with Crippen LogP contribution in [0.1, 0.15) is 55.8 Å². The van der Waals surface area contributed by atoms with Crippen LogP contribution in [-0.2, 0) is 11.3 Å². The lowest BCUT2D eigenvalue weighted by Gasteiger charge is -2.24. The van der Waals surface area contributed by atoms with Crippen LogP contribution < -0.4 is 4.74 Å². The number of benzene rings is 4. The van der Waals surface area contributed by atoms with Crippen LogP contribution in [0, 0.1) is 0 Å². The number of unbranched alkanes of at least 4 members (excludes halogenated alkanes) is 2. The van der Waals surface area contributed by atoms with Crippen molar-refractivity contribution in [1.82, 2.24) is 4.90 Å². The van der Waals surface area contributed by atoms with Crippen molar-refractivity contribution in [3.8, 4) is 16.9 Å². The molecule has 5 heteroatoms. The number of fused-ring (bicyclic) bond motifs is 1. The quantitative estimate of drug-likeness (QED) is 0.203. The highest BCUT2D eigenvalue weighted by Crippen LogP contribution is 2.33. The van der Waals surface area contributed by atoms with Gasteiger partial charge in [0, 0.05) is 30.1 Å². The number of carbonyl (C=O) groups excluding carboxylic acids is 1. The van der Waals surface area contributed by atoms with Crippen LogP contribution in [0.25, 0.3) is 21.9 Å². The molecule has 1 fully saturated rings. The van der Waals surface area contributed by atoms with Crippen molar-refractivity contribution in [3.63, 3.8) is 0 Å². The third-order valence-corrected chi connectivity index (χ3v) is 6.90. The van der Waals surface area contributed by atoms with Crippen LogP contribution in [0.5, 0.6) is 5.75 Å². The largest absolute Gasteiger partial charge is 0.493 e. The van der Waals surface area contributed by atoms with E-state index in [0.29, 0.717) is 29.9 Å². The molecular weight excluding hydrogens is 474 g/mol. The van der Waals surface area contributed by atoms with Crippen LogP contribution in [0.3, 0.4) is 0 Å². The number of rotatable bonds is 12. The van der Waals surface area contributed by atoms with Gasteiger partial charge >= 0.3 is 5.97 Å². The minimum absolute atomic E-state index is 0.0434. The van der Waals surface area contributed by atoms with Crippen LogP contribution in [0.4, 0.5) is 0 Å². The zero-order chi connectivity index (χ0) is 27.2. The van der Waals surface area contributed by atoms with Crippen molar-refractivity contribution >= 4 is 22.6 Å². The molecule has 1 saturated carbocycles. The first-order valence-corrected chi connectivity index (χ1v) is 13.3. The first kappa shape index (κ1) is 24.2. The van der Waals surface area contributed by atoms with E-state index in [-0.39, 0.29) is 18.4 Å². The lowest BCUT2D eigenvalue weighted by Crippen LogP contribution is -2.32. The fourth-order valence-electron chi connectivity index (χ4n) is 4.71. The average molecular weight is 509 g/mol. The first-order chi connectivity index (χ1) is 19.0. The molecule has 1 atom stereocenters. The number of aliphatic carboxylic acids is 1. The highest BCUT2D eigenvalue weighted by molar-refractivity contribution is 5.98. The Bertz CT molecular complexity index is 1440. The predicted octanol–water partition coefficient (Wildman–Crippen LogP) is 7.34. The Morgan fingerprint density at radius 3 is 2.39 bits per heavy atom. The van der Waals surface area contributed by atoms with Gasteiger partial charge in [0.15, 0.2) is 0 Å². The molecule has 0 aromatic heterocycles. The van der Waals surface area contributed by atoms with E-state index in [0.717, 1.165) is 36.8 Å². The molecule has 4 aromatic rings. The van der Waals surface area contributed by atoms with E-state index < -0.39 is 12.5 Å². The second-order valence-electron chi connectivity index (χ2n) is 9.77. The van der Waals surface area contributed by atoms with Crippen LogP contribution >= 0.6 is 0 Å². The van der Waals surface area contributed by atoms with Gasteiger partial charge in [-0.25, -0.2) is 0 Å². The molecule has 1 amide bonds. The van der Waals surface area contributed by atoms with E-state index in [2.05, 4.69) is 24.3 Å². The number of hydrogen-bond acceptors (Lipinski definition) is 3. The summed E-state index contributed by atoms with van der Waals surface area (Å²) in [6.45, 7) is -0.443. The number of para-hydroxylation sites is 1. The van der Waals surface area contributed by atoms with Gasteiger partial charge in [-0.3, -0.25) is 9.59 Å². The molecule has 0 saturated heterocycles. The van der Waals surface area contributed by atoms with Crippen molar-refractivity contribution < 1.29 is 20.8 Å². The Morgan fingerprint density at radius 2 is 1.61 bits per heavy atom. The smallest absolute Gasteiger partial charge is 0.303 e. The van der Waals surface area contributed by atoms with Gasteiger partial charge in [0.2, 0.25) is 0 Å². The van der Waals surface area contributed by atoms with E-state index in [4.69, 9.17) is 11.2 Å². The molecule has 4 aromatic carbocycles. The molecule has 0 spiro atoms. The van der Waals surface area contributed by atoms with E-state index >= 15 is 0 Å². The topological polar surface area (TPSA) is 66.8 Å². The van der Waals surface area contributed by atoms with E-state index in [1.54, 1.807) is 4.90 Å². The summed E-state index contributed by atoms with van der Waals surface area (Å²) < 4.78 is 15.1. The summed E-state index contributed by atoms with van der Waals surface area (Å²) in [5.41, 5.74) is 3.40. The molecule has 38 heavy (non-hydrogen) atoms. The van der Waals surface area contributed by atoms with Crippen LogP contribution in [0.2, 0.25) is 0 Å². The Balaban J connectivity index is 1.31. The molecule has 5 rings (SSSR count). The Morgan fingerprint density at radius 1 is 0.868 bits per heavy atom. The zero-order valence-electron chi connectivity index (χ0n) is 22.4. The Labute approximate surface area is 225 Å². The number of nitrogens with zero attached hydrogens (tertiary/aromatic N) is 1. The van der Waals surface area contributed by atoms with Gasteiger partial charge in [-0.1, -0.05) is 72.8 Å². The van der Waals surface area contributed by atoms with Gasteiger partial charge in [0.05, 0.1) is 7.98 Å². The first-order valence-electron chi connectivity index (χ1n) is 13.9. The molecule has 1 aliphatic rings. The number of carboxylic acid groups (broad SMARTS) is 1. The minimum atomic E-state index is -0.883. The maximum absolute atomic E-state index is 13.7. The SMILES string of the molecule is [2H]C(c1ccccc1OCCCCCC(=O)O)N(C(=O)c1ccc(-c2cccc3ccccc23)cc1)C1CC1. The molecule has 194 valence electrons. The summed E-state index contributed by atoms with van der Waals surface area (Å²) in [5, 5.41) is 11.1. The molecule has 0 heterocycles. The van der Waals surface area contributed by atoms with Crippen molar-refractivity contribution in [2.45, 2.75) is 51.1 Å². The monoisotopic (exact) mass is 508 g/mol. The van der Waals surface area contributed by atoms with Gasteiger partial charge in [-0.15, -0.1) is 0 Å². The summed E-state index contributed by atoms with van der Waals surface area (Å²) >= 11 is 0. The normalized spacial score (nSPS) is 14.1. The lowest BCUT2D eigenvalue weighted by atomic mass is 9.97. The van der Waals surface area contributed by atoms with Gasteiger partial charge in [-0.2, -0.15) is 0 Å². The molecular formula is C33H33NO4. The fourth-order valence-corrected chi connectivity index (χ4v) is 4.71. The number of ether oxygens (including phenoxy) is 1. The Hall–Kier alpha value is -4.12. The molecule has 5 nitrogen and oxygen atoms in total. The van der Waals surface area contributed by atoms with Gasteiger partial charge in [0.25, 0.3) is 5.91 Å². The zero-order valence-corrected chi connectivity index (χ0v) is 21.4. The molecule has 1 N–H and O–H groups in total. The fraction of sp³-hybridized carbons (Fsp3) is 0.273. The number of hydrogen-bond donors (Lipinski definition) is 1. The van der Waals surface area contributed by atoms with E-state index in [1.807, 2.05) is 66.7 Å². The lowest BCUT2D eigenvalue weighted by molar-refractivity contribution is -0.137. The summed E-state index contributed by atoms with van der Waals surface area (Å²) in [6, 6.07) is 29.7. The van der Waals surface area contributed by atoms with Crippen LogP contribution in [0.15, 0.2) is 91.0 Å². The minimum Gasteiger partial charge on any atom is -0.493 e. The van der Waals surface area contributed by atoms with E-state index in [9.17, 15) is 9.59 Å². The average Bonchev–Trinajstić information content (AvgIpc) is 3.80. The highest BCUT2D eigenvalue weighted by Gasteiger charge is 2.33. The van der Waals surface area contributed by atoms with Crippen molar-refractivity contribution in [3.05, 3.63) is 102 Å². The predicted molar refractivity (Wildman–Crippen MR) is 150 cm³/mol. The molecule has 0 aliphatic heterocycles. The molecule has 0 bridgehead atoms. The molecule has 1 aliphatic carbocycles. The maximum Gasteiger partial charge on any atom is 0.303 e. The highest BCUT2D eigenvalue weighted by atomic mass is 16.5. The summed E-state index contributed by atoms with van der Waals surface area (Å²) in [4.78, 5) is 26.1. The molecule has 1 unspecified atom stereocenters. The number of carbonyl (C=O) groups is 2. The summed E-state index contributed by atoms with van der Waals surface area (Å²) in [5.74, 6) is -0.336. The van der Waals surface area contributed by atoms with E-state index in [1.165, 1.54) is 10.8 Å². The van der Waals surface area contributed by atoms with Crippen molar-refractivity contribution in [2.24, 2.45) is 0 Å². The van der Waals surface area contributed by atoms with Gasteiger partial charge in [-0.05, 0) is 72.2 Å². The van der Waals surface area contributed by atoms with Crippen molar-refractivity contribution in [1.29, 1.82) is 0 Å². The Kier molecular flexibility index (Phi) is 7.62. The number of carboxylic acids is 1. The standard InChI is InChI=1S/C33H33NO4/c35-32(36)15-2-1-7-22-38-31-14-6-4-10-27(31)23-34(28-20-21-28)33(37)26-18-16-25(17-19-26)30-13-8-11-24-9-3-5-12-29(24)30/h3-6,8-14,16-19,28H,1-2,7,15,20-23H2,(H,35,36)/i23D. The third-order valence-electron chi connectivity index (χ3n) is 6.90. The van der Waals surface area contributed by atoms with Crippen LogP contribution in [-0.4, -0.2) is 34.5 Å². The molecule has 0 radical (unpaired) electrons. The summed E-state index contributed by atoms with van der Waals surface area (Å²) in [7, 11) is 0. The summed E-state index contributed by atoms with van der Waals surface area (Å²) in [6.07, 6.45) is 4.06. The van der Waals surface area contributed by atoms with Gasteiger partial charge in [0.1, 0.15) is 5.75 Å².